The van der Waals surface area contributed by atoms with Gasteiger partial charge in [-0.3, -0.25) is 4.79 Å². The van der Waals surface area contributed by atoms with Gasteiger partial charge in [0, 0.05) is 0 Å². The first-order chi connectivity index (χ1) is 30.7. The lowest BCUT2D eigenvalue weighted by molar-refractivity contribution is -0.395. The summed E-state index contributed by atoms with van der Waals surface area (Å²) in [6, 6.07) is 0. The molecule has 8 aliphatic rings. The van der Waals surface area contributed by atoms with E-state index in [1.165, 1.54) is 0 Å². The maximum Gasteiger partial charge on any atom is 0.314 e. The molecule has 4 saturated heterocycles. The zero-order valence-electron chi connectivity index (χ0n) is 36.5. The lowest BCUT2D eigenvalue weighted by Gasteiger charge is -2.64. The first-order valence-corrected chi connectivity index (χ1v) is 22.8. The fraction of sp³-hybridized carbons (Fsp3) is 0.930. The highest BCUT2D eigenvalue weighted by Crippen LogP contribution is 2.73. The number of ether oxygens (including phenoxy) is 8. The maximum absolute atomic E-state index is 14.3. The molecule has 4 aliphatic carbocycles. The summed E-state index contributed by atoms with van der Waals surface area (Å²) in [4.78, 5) is 14.3. The van der Waals surface area contributed by atoms with E-state index >= 15 is 0 Å². The molecule has 0 aromatic heterocycles. The number of carbonyl (C=O) groups is 1. The molecule has 0 aromatic rings. The van der Waals surface area contributed by atoms with Crippen LogP contribution in [0.2, 0.25) is 0 Å². The molecule has 0 aromatic carbocycles. The van der Waals surface area contributed by atoms with E-state index in [2.05, 4.69) is 13.5 Å². The van der Waals surface area contributed by atoms with E-state index in [1.54, 1.807) is 0 Å². The van der Waals surface area contributed by atoms with E-state index in [4.69, 9.17) is 37.9 Å². The first kappa shape index (κ1) is 49.8. The van der Waals surface area contributed by atoms with Gasteiger partial charge in [-0.05, 0) is 86.5 Å². The van der Waals surface area contributed by atoms with Crippen LogP contribution >= 0.6 is 0 Å². The van der Waals surface area contributed by atoms with Crippen LogP contribution in [0.4, 0.5) is 0 Å². The first-order valence-electron chi connectivity index (χ1n) is 22.8. The van der Waals surface area contributed by atoms with Crippen molar-refractivity contribution in [3.63, 3.8) is 0 Å². The van der Waals surface area contributed by atoms with Crippen molar-refractivity contribution in [2.75, 3.05) is 26.4 Å². The van der Waals surface area contributed by atoms with Crippen molar-refractivity contribution in [2.24, 2.45) is 28.1 Å². The van der Waals surface area contributed by atoms with Crippen LogP contribution in [0.15, 0.2) is 12.2 Å². The number of aliphatic hydroxyl groups excluding tert-OH is 13. The molecule has 4 aliphatic heterocycles. The van der Waals surface area contributed by atoms with Gasteiger partial charge in [-0.25, -0.2) is 0 Å². The average molecular weight is 937 g/mol. The molecule has 13 N–H and O–H groups in total. The summed E-state index contributed by atoms with van der Waals surface area (Å²) in [5.41, 5.74) is -2.17. The molecule has 0 radical (unpaired) electrons. The highest BCUT2D eigenvalue weighted by Gasteiger charge is 2.69. The Kier molecular flexibility index (Phi) is 14.3. The van der Waals surface area contributed by atoms with Crippen molar-refractivity contribution >= 4 is 5.97 Å². The molecular weight excluding hydrogens is 868 g/mol. The van der Waals surface area contributed by atoms with Gasteiger partial charge in [0.2, 0.25) is 6.29 Å². The van der Waals surface area contributed by atoms with Crippen LogP contribution in [-0.2, 0) is 42.7 Å². The Morgan fingerprint density at radius 2 is 1.18 bits per heavy atom. The molecule has 22 heteroatoms. The van der Waals surface area contributed by atoms with Crippen LogP contribution in [0.25, 0.3) is 0 Å². The smallest absolute Gasteiger partial charge is 0.314 e. The van der Waals surface area contributed by atoms with E-state index in [1.807, 2.05) is 6.92 Å². The Morgan fingerprint density at radius 3 is 1.83 bits per heavy atom. The SMILES string of the molecule is C=C1CC23CC[C@H]4[C@@](C)(CCC[C@@]4(C)C(=O)O[C@@H]4O[C@H](CO)[C@@H](O)[C@H](O)[C@H]4O)[C@@H]2CC[C@]1(O[C@@H]1O[C@H](CO)[C@@H](O)[C@H](O[C@@H]2O[C@H](CO)[C@@H](O)[C@H](O)[C@H]2O)[C@H]1O[C@@H]1OC[C@@H](O)[C@H](O)[C@H]1O)C3. The van der Waals surface area contributed by atoms with Gasteiger partial charge in [-0.15, -0.1) is 0 Å². The molecule has 8 fully saturated rings. The van der Waals surface area contributed by atoms with Crippen molar-refractivity contribution in [3.8, 4) is 0 Å². The number of carbonyl (C=O) groups excluding carboxylic acids is 1. The lowest BCUT2D eigenvalue weighted by atomic mass is 9.41. The van der Waals surface area contributed by atoms with Gasteiger partial charge in [0.1, 0.15) is 91.6 Å². The molecule has 65 heavy (non-hydrogen) atoms. The molecular formula is C43H68O22. The minimum atomic E-state index is -1.92. The molecule has 25 atom stereocenters. The molecule has 2 bridgehead atoms. The Hall–Kier alpha value is -1.59. The minimum Gasteiger partial charge on any atom is -0.432 e. The second-order valence-electron chi connectivity index (χ2n) is 20.4. The average Bonchev–Trinajstić information content (AvgIpc) is 3.48. The zero-order chi connectivity index (χ0) is 47.1. The number of hydrogen-bond acceptors (Lipinski definition) is 22. The molecule has 1 unspecified atom stereocenters. The largest absolute Gasteiger partial charge is 0.432 e. The standard InChI is InChI=1S/C43H68O22/c1-17-11-42-9-5-22-40(2,7-4-8-41(22,3)39(57)64-37-32(56)29(53)26(50)20(13-45)60-37)23(42)6-10-43(17,16-42)65-38-34(63-35-30(54)24(48)18(47)15-58-35)33(27(51)21(14-46)61-38)62-36-31(55)28(52)25(49)19(12-44)59-36/h18-38,44-56H,1,4-16H2,2-3H3/t18-,19-,20-,21-,22+,23+,24+,25-,26-,27-,28+,29+,30-,31-,32-,33+,34-,35+,36+,37+,38+,40-,41-,42?,43+/m1/s1. The summed E-state index contributed by atoms with van der Waals surface area (Å²) in [6.45, 7) is 5.86. The quantitative estimate of drug-likeness (QED) is 0.0528. The molecule has 372 valence electrons. The third-order valence-electron chi connectivity index (χ3n) is 16.7. The van der Waals surface area contributed by atoms with E-state index in [0.717, 1.165) is 12.0 Å². The van der Waals surface area contributed by atoms with Crippen molar-refractivity contribution in [1.29, 1.82) is 0 Å². The van der Waals surface area contributed by atoms with E-state index in [0.29, 0.717) is 51.4 Å². The summed E-state index contributed by atoms with van der Waals surface area (Å²) in [5.74, 6) is -0.744. The molecule has 22 nitrogen and oxygen atoms in total. The van der Waals surface area contributed by atoms with Crippen LogP contribution in [0.3, 0.4) is 0 Å². The van der Waals surface area contributed by atoms with Crippen LogP contribution in [0.1, 0.15) is 71.6 Å². The van der Waals surface area contributed by atoms with Crippen LogP contribution in [-0.4, -0.2) is 221 Å². The van der Waals surface area contributed by atoms with Crippen LogP contribution in [0, 0.1) is 28.1 Å². The predicted octanol–water partition coefficient (Wildman–Crippen LogP) is -4.47. The van der Waals surface area contributed by atoms with Gasteiger partial charge in [-0.2, -0.15) is 0 Å². The molecule has 1 spiro atoms. The fourth-order valence-electron chi connectivity index (χ4n) is 13.2. The van der Waals surface area contributed by atoms with Crippen LogP contribution < -0.4 is 0 Å². The monoisotopic (exact) mass is 936 g/mol. The van der Waals surface area contributed by atoms with E-state index in [9.17, 15) is 71.2 Å². The third-order valence-corrected chi connectivity index (χ3v) is 16.7. The summed E-state index contributed by atoms with van der Waals surface area (Å²) in [5, 5.41) is 137. The van der Waals surface area contributed by atoms with Gasteiger partial charge < -0.3 is 104 Å². The Morgan fingerprint density at radius 1 is 0.631 bits per heavy atom. The number of rotatable bonds is 11. The second kappa shape index (κ2) is 18.6. The van der Waals surface area contributed by atoms with Gasteiger partial charge in [0.15, 0.2) is 18.9 Å². The minimum absolute atomic E-state index is 0.0525. The molecule has 0 amide bonds. The van der Waals surface area contributed by atoms with Crippen molar-refractivity contribution < 1.29 is 109 Å². The number of aliphatic hydroxyl groups is 13. The third kappa shape index (κ3) is 8.32. The zero-order valence-corrected chi connectivity index (χ0v) is 36.5. The number of esters is 1. The van der Waals surface area contributed by atoms with Gasteiger partial charge in [0.25, 0.3) is 0 Å². The maximum atomic E-state index is 14.3. The van der Waals surface area contributed by atoms with Crippen molar-refractivity contribution in [1.82, 2.24) is 0 Å². The van der Waals surface area contributed by atoms with Crippen LogP contribution in [0.5, 0.6) is 0 Å². The molecule has 4 heterocycles. The molecule has 8 rings (SSSR count). The summed E-state index contributed by atoms with van der Waals surface area (Å²) < 4.78 is 48.1. The van der Waals surface area contributed by atoms with Gasteiger partial charge in [-0.1, -0.05) is 19.9 Å². The predicted molar refractivity (Wildman–Crippen MR) is 213 cm³/mol. The van der Waals surface area contributed by atoms with E-state index in [-0.39, 0.29) is 17.3 Å². The fourth-order valence-corrected chi connectivity index (χ4v) is 13.2. The summed E-state index contributed by atoms with van der Waals surface area (Å²) in [7, 11) is 0. The highest BCUT2D eigenvalue weighted by atomic mass is 16.8. The molecule has 4 saturated carbocycles. The van der Waals surface area contributed by atoms with E-state index < -0.39 is 166 Å². The number of fused-ring (bicyclic) bond motifs is 3. The van der Waals surface area contributed by atoms with Crippen molar-refractivity contribution in [3.05, 3.63) is 12.2 Å². The Balaban J connectivity index is 1.05. The number of hydrogen-bond donors (Lipinski definition) is 13. The summed E-state index contributed by atoms with van der Waals surface area (Å²) in [6.07, 6.45) is -26.1. The Bertz CT molecular complexity index is 1710. The van der Waals surface area contributed by atoms with Crippen molar-refractivity contribution in [2.45, 2.75) is 194 Å². The van der Waals surface area contributed by atoms with Gasteiger partial charge >= 0.3 is 5.97 Å². The summed E-state index contributed by atoms with van der Waals surface area (Å²) >= 11 is 0. The highest BCUT2D eigenvalue weighted by molar-refractivity contribution is 5.77. The van der Waals surface area contributed by atoms with Gasteiger partial charge in [0.05, 0.1) is 37.4 Å². The normalized spacial score (nSPS) is 54.7. The lowest BCUT2D eigenvalue weighted by Crippen LogP contribution is -2.67. The topological polar surface area (TPSA) is 354 Å². The second-order valence-corrected chi connectivity index (χ2v) is 20.4. The Labute approximate surface area is 375 Å².